The monoisotopic (exact) mass is 428 g/mol. The number of hydrogen-bond acceptors (Lipinski definition) is 4. The van der Waals surface area contributed by atoms with Crippen molar-refractivity contribution < 1.29 is 23.2 Å². The summed E-state index contributed by atoms with van der Waals surface area (Å²) >= 11 is 0. The maximum absolute atomic E-state index is 13.4. The highest BCUT2D eigenvalue weighted by Gasteiger charge is 2.47. The van der Waals surface area contributed by atoms with Gasteiger partial charge in [-0.2, -0.15) is 0 Å². The number of rotatable bonds is 5. The van der Waals surface area contributed by atoms with Crippen LogP contribution in [0.4, 0.5) is 19.3 Å². The van der Waals surface area contributed by atoms with Crippen molar-refractivity contribution in [3.8, 4) is 0 Å². The van der Waals surface area contributed by atoms with Gasteiger partial charge >= 0.3 is 6.03 Å². The number of fused-ring (bicyclic) bond motifs is 1. The molecule has 0 bridgehead atoms. The van der Waals surface area contributed by atoms with Crippen LogP contribution >= 0.6 is 0 Å². The lowest BCUT2D eigenvalue weighted by Gasteiger charge is -2.46. The quantitative estimate of drug-likeness (QED) is 0.767. The molecule has 4 rings (SSSR count). The van der Waals surface area contributed by atoms with E-state index in [-0.39, 0.29) is 24.7 Å². The summed E-state index contributed by atoms with van der Waals surface area (Å²) in [4.78, 5) is 41.3. The Kier molecular flexibility index (Phi) is 5.94. The summed E-state index contributed by atoms with van der Waals surface area (Å²) in [6.45, 7) is 0.338. The number of benzene rings is 2. The van der Waals surface area contributed by atoms with Gasteiger partial charge in [-0.1, -0.05) is 18.2 Å². The number of piperidine rings is 1. The van der Waals surface area contributed by atoms with Crippen LogP contribution in [0, 0.1) is 11.6 Å². The molecule has 31 heavy (non-hydrogen) atoms. The molecule has 2 heterocycles. The Bertz CT molecular complexity index is 999. The molecule has 0 aliphatic carbocycles. The summed E-state index contributed by atoms with van der Waals surface area (Å²) in [6.07, 6.45) is 1.36. The maximum Gasteiger partial charge on any atom is 0.327 e. The molecule has 0 spiro atoms. The Labute approximate surface area is 178 Å². The highest BCUT2D eigenvalue weighted by molar-refractivity contribution is 6.02. The van der Waals surface area contributed by atoms with Gasteiger partial charge in [0.15, 0.2) is 0 Å². The van der Waals surface area contributed by atoms with Gasteiger partial charge in [0.2, 0.25) is 11.8 Å². The van der Waals surface area contributed by atoms with Crippen LogP contribution in [0.5, 0.6) is 0 Å². The van der Waals surface area contributed by atoms with Gasteiger partial charge in [-0.05, 0) is 55.3 Å². The van der Waals surface area contributed by atoms with E-state index in [4.69, 9.17) is 0 Å². The second-order valence-electron chi connectivity index (χ2n) is 7.66. The summed E-state index contributed by atoms with van der Waals surface area (Å²) in [5.74, 6) is -1.75. The number of urea groups is 1. The fraction of sp³-hybridized carbons (Fsp3) is 0.318. The number of carbonyl (C=O) groups excluding carboxylic acids is 3. The smallest absolute Gasteiger partial charge is 0.324 e. The van der Waals surface area contributed by atoms with E-state index in [2.05, 4.69) is 10.6 Å². The molecule has 9 heteroatoms. The minimum atomic E-state index is -0.617. The lowest BCUT2D eigenvalue weighted by Crippen LogP contribution is -2.70. The third-order valence-corrected chi connectivity index (χ3v) is 5.51. The lowest BCUT2D eigenvalue weighted by atomic mass is 9.93. The van der Waals surface area contributed by atoms with Gasteiger partial charge in [0.25, 0.3) is 0 Å². The molecule has 2 saturated heterocycles. The number of hydrogen-bond donors (Lipinski definition) is 2. The number of amides is 4. The molecule has 2 N–H and O–H groups in total. The first-order chi connectivity index (χ1) is 14.9. The zero-order valence-electron chi connectivity index (χ0n) is 16.7. The fourth-order valence-corrected chi connectivity index (χ4v) is 4.04. The molecule has 2 aliphatic rings. The predicted octanol–water partition coefficient (Wildman–Crippen LogP) is 2.49. The normalized spacial score (nSPS) is 21.1. The number of imide groups is 1. The van der Waals surface area contributed by atoms with Crippen LogP contribution in [0.1, 0.15) is 18.4 Å². The zero-order valence-corrected chi connectivity index (χ0v) is 16.7. The van der Waals surface area contributed by atoms with Crippen LogP contribution in [0.25, 0.3) is 0 Å². The lowest BCUT2D eigenvalue weighted by molar-refractivity contribution is -0.138. The minimum absolute atomic E-state index is 0.0230. The number of carbonyl (C=O) groups is 3. The van der Waals surface area contributed by atoms with E-state index in [0.29, 0.717) is 18.5 Å². The molecule has 4 amide bonds. The molecular formula is C22H22F2N4O3. The molecule has 2 aromatic rings. The predicted molar refractivity (Wildman–Crippen MR) is 109 cm³/mol. The highest BCUT2D eigenvalue weighted by Crippen LogP contribution is 2.26. The Morgan fingerprint density at radius 1 is 1.10 bits per heavy atom. The first-order valence-electron chi connectivity index (χ1n) is 10.1. The zero-order chi connectivity index (χ0) is 22.0. The van der Waals surface area contributed by atoms with Crippen molar-refractivity contribution in [2.75, 3.05) is 18.4 Å². The van der Waals surface area contributed by atoms with Gasteiger partial charge in [-0.15, -0.1) is 0 Å². The minimum Gasteiger partial charge on any atom is -0.324 e. The largest absolute Gasteiger partial charge is 0.327 e. The average molecular weight is 428 g/mol. The summed E-state index contributed by atoms with van der Waals surface area (Å²) in [7, 11) is 0. The molecule has 2 aromatic carbocycles. The van der Waals surface area contributed by atoms with Gasteiger partial charge in [-0.3, -0.25) is 14.5 Å². The molecule has 2 unspecified atom stereocenters. The molecule has 2 atom stereocenters. The summed E-state index contributed by atoms with van der Waals surface area (Å²) in [5.41, 5.74) is 0.883. The van der Waals surface area contributed by atoms with Crippen LogP contribution in [0.2, 0.25) is 0 Å². The van der Waals surface area contributed by atoms with E-state index in [1.54, 1.807) is 6.07 Å². The van der Waals surface area contributed by atoms with E-state index in [1.165, 1.54) is 47.4 Å². The van der Waals surface area contributed by atoms with Crippen LogP contribution in [-0.2, 0) is 16.1 Å². The van der Waals surface area contributed by atoms with Gasteiger partial charge in [0.1, 0.15) is 24.2 Å². The van der Waals surface area contributed by atoms with Crippen LogP contribution < -0.4 is 10.6 Å². The van der Waals surface area contributed by atoms with Crippen molar-refractivity contribution in [2.24, 2.45) is 0 Å². The van der Waals surface area contributed by atoms with Crippen molar-refractivity contribution in [1.82, 2.24) is 15.1 Å². The molecule has 2 aliphatic heterocycles. The van der Waals surface area contributed by atoms with E-state index in [1.807, 2.05) is 0 Å². The number of nitrogens with one attached hydrogen (secondary N) is 2. The Morgan fingerprint density at radius 2 is 1.87 bits per heavy atom. The Morgan fingerprint density at radius 3 is 2.61 bits per heavy atom. The SMILES string of the molecule is O=C(CN1C(=O)N(Cc2ccc(F)cc2)C(=O)C2NCCCC21)Nc1cccc(F)c1. The average Bonchev–Trinajstić information content (AvgIpc) is 2.75. The molecule has 0 saturated carbocycles. The van der Waals surface area contributed by atoms with E-state index < -0.39 is 35.7 Å². The van der Waals surface area contributed by atoms with E-state index in [9.17, 15) is 23.2 Å². The second kappa shape index (κ2) is 8.81. The van der Waals surface area contributed by atoms with Crippen LogP contribution in [-0.4, -0.2) is 52.8 Å². The Hall–Kier alpha value is -3.33. The van der Waals surface area contributed by atoms with Gasteiger partial charge in [0, 0.05) is 5.69 Å². The van der Waals surface area contributed by atoms with Gasteiger partial charge in [-0.25, -0.2) is 13.6 Å². The maximum atomic E-state index is 13.4. The molecular weight excluding hydrogens is 406 g/mol. The van der Waals surface area contributed by atoms with Gasteiger partial charge < -0.3 is 15.5 Å². The number of halogens is 2. The number of nitrogens with zero attached hydrogens (tertiary/aromatic N) is 2. The fourth-order valence-electron chi connectivity index (χ4n) is 4.04. The summed E-state index contributed by atoms with van der Waals surface area (Å²) in [6, 6.07) is 9.38. The van der Waals surface area contributed by atoms with Gasteiger partial charge in [0.05, 0.1) is 12.6 Å². The molecule has 162 valence electrons. The second-order valence-corrected chi connectivity index (χ2v) is 7.66. The van der Waals surface area contributed by atoms with Crippen molar-refractivity contribution in [2.45, 2.75) is 31.5 Å². The van der Waals surface area contributed by atoms with E-state index in [0.717, 1.165) is 11.3 Å². The molecule has 7 nitrogen and oxygen atoms in total. The molecule has 0 aromatic heterocycles. The van der Waals surface area contributed by atoms with Crippen LogP contribution in [0.3, 0.4) is 0 Å². The Balaban J connectivity index is 1.54. The van der Waals surface area contributed by atoms with Crippen molar-refractivity contribution in [3.05, 3.63) is 65.7 Å². The highest BCUT2D eigenvalue weighted by atomic mass is 19.1. The third kappa shape index (κ3) is 4.56. The first-order valence-corrected chi connectivity index (χ1v) is 10.1. The number of anilines is 1. The van der Waals surface area contributed by atoms with Crippen molar-refractivity contribution in [3.63, 3.8) is 0 Å². The van der Waals surface area contributed by atoms with E-state index >= 15 is 0 Å². The van der Waals surface area contributed by atoms with Crippen molar-refractivity contribution in [1.29, 1.82) is 0 Å². The third-order valence-electron chi connectivity index (χ3n) is 5.51. The first kappa shape index (κ1) is 20.9. The van der Waals surface area contributed by atoms with Crippen molar-refractivity contribution >= 4 is 23.5 Å². The van der Waals surface area contributed by atoms with Crippen LogP contribution in [0.15, 0.2) is 48.5 Å². The standard InChI is InChI=1S/C22H22F2N4O3/c23-15-8-6-14(7-9-15)12-28-21(30)20-18(5-2-10-25-20)27(22(28)31)13-19(29)26-17-4-1-3-16(24)11-17/h1,3-4,6-9,11,18,20,25H,2,5,10,12-13H2,(H,26,29). The summed E-state index contributed by atoms with van der Waals surface area (Å²) < 4.78 is 26.6. The molecule has 0 radical (unpaired) electrons. The molecule has 2 fully saturated rings. The topological polar surface area (TPSA) is 81.8 Å². The summed E-state index contributed by atoms with van der Waals surface area (Å²) in [5, 5.41) is 5.74.